The van der Waals surface area contributed by atoms with Crippen molar-refractivity contribution < 1.29 is 9.18 Å². The van der Waals surface area contributed by atoms with Crippen molar-refractivity contribution in [3.8, 4) is 0 Å². The molecule has 1 atom stereocenters. The molecule has 1 aliphatic carbocycles. The summed E-state index contributed by atoms with van der Waals surface area (Å²) < 4.78 is 13.4. The van der Waals surface area contributed by atoms with E-state index in [1.807, 2.05) is 0 Å². The zero-order valence-electron chi connectivity index (χ0n) is 11.8. The Hall–Kier alpha value is -1.88. The average molecular weight is 320 g/mol. The van der Waals surface area contributed by atoms with E-state index in [0.29, 0.717) is 18.2 Å². The van der Waals surface area contributed by atoms with Gasteiger partial charge in [-0.15, -0.1) is 0 Å². The van der Waals surface area contributed by atoms with Gasteiger partial charge in [0, 0.05) is 29.5 Å². The number of nitrogens with one attached hydrogen (secondary N) is 2. The van der Waals surface area contributed by atoms with Gasteiger partial charge in [-0.05, 0) is 30.5 Å². The van der Waals surface area contributed by atoms with Crippen molar-refractivity contribution in [2.75, 3.05) is 5.32 Å². The molecule has 1 aromatic heterocycles. The van der Waals surface area contributed by atoms with E-state index in [-0.39, 0.29) is 16.8 Å². The lowest BCUT2D eigenvalue weighted by Crippen LogP contribution is -2.24. The minimum absolute atomic E-state index is 0.0791. The predicted octanol–water partition coefficient (Wildman–Crippen LogP) is 3.94. The van der Waals surface area contributed by atoms with Crippen LogP contribution in [-0.2, 0) is 4.79 Å². The Morgan fingerprint density at radius 3 is 2.82 bits per heavy atom. The first kappa shape index (κ1) is 13.8. The molecule has 4 nitrogen and oxygen atoms in total. The van der Waals surface area contributed by atoms with E-state index in [4.69, 9.17) is 11.6 Å². The van der Waals surface area contributed by atoms with Crippen molar-refractivity contribution in [2.45, 2.75) is 37.5 Å². The highest BCUT2D eigenvalue weighted by Gasteiger charge is 2.35. The van der Waals surface area contributed by atoms with Gasteiger partial charge >= 0.3 is 0 Å². The zero-order chi connectivity index (χ0) is 15.3. The fourth-order valence-electron chi connectivity index (χ4n) is 3.30. The van der Waals surface area contributed by atoms with Gasteiger partial charge in [0.05, 0.1) is 5.02 Å². The monoisotopic (exact) mass is 319 g/mol. The molecule has 22 heavy (non-hydrogen) atoms. The number of amides is 1. The minimum atomic E-state index is -0.447. The number of nitrogens with zero attached hydrogens (tertiary/aromatic N) is 1. The molecule has 0 saturated heterocycles. The number of aromatic nitrogens is 2. The average Bonchev–Trinajstić information content (AvgIpc) is 2.83. The molecule has 1 unspecified atom stereocenters. The molecule has 2 aromatic rings. The number of hydrogen-bond donors (Lipinski definition) is 2. The van der Waals surface area contributed by atoms with Crippen molar-refractivity contribution >= 4 is 23.3 Å². The number of hydrogen-bond acceptors (Lipinski definition) is 2. The highest BCUT2D eigenvalue weighted by Crippen LogP contribution is 2.45. The molecule has 1 fully saturated rings. The first-order valence-electron chi connectivity index (χ1n) is 7.46. The zero-order valence-corrected chi connectivity index (χ0v) is 12.6. The van der Waals surface area contributed by atoms with Crippen molar-refractivity contribution in [1.29, 1.82) is 0 Å². The maximum absolute atomic E-state index is 13.4. The standard InChI is InChI=1S/C16H15ClFN3O/c17-11-6-9(4-5-12(11)18)10-7-13(22)19-16-14(10)15(20-21-16)8-2-1-3-8/h4-6,8,10H,1-3,7H2,(H2,19,20,21,22). The van der Waals surface area contributed by atoms with E-state index in [2.05, 4.69) is 15.5 Å². The van der Waals surface area contributed by atoms with Crippen LogP contribution in [0.4, 0.5) is 10.2 Å². The summed E-state index contributed by atoms with van der Waals surface area (Å²) in [4.78, 5) is 12.0. The van der Waals surface area contributed by atoms with E-state index in [9.17, 15) is 9.18 Å². The van der Waals surface area contributed by atoms with E-state index < -0.39 is 5.82 Å². The second-order valence-corrected chi connectivity index (χ2v) is 6.41. The number of benzene rings is 1. The maximum Gasteiger partial charge on any atom is 0.226 e. The lowest BCUT2D eigenvalue weighted by Gasteiger charge is -2.29. The van der Waals surface area contributed by atoms with Crippen molar-refractivity contribution in [3.05, 3.63) is 45.9 Å². The topological polar surface area (TPSA) is 57.8 Å². The third kappa shape index (κ3) is 2.11. The summed E-state index contributed by atoms with van der Waals surface area (Å²) in [5, 5.41) is 10.3. The highest BCUT2D eigenvalue weighted by molar-refractivity contribution is 6.30. The smallest absolute Gasteiger partial charge is 0.226 e. The molecule has 0 radical (unpaired) electrons. The number of anilines is 1. The van der Waals surface area contributed by atoms with Gasteiger partial charge in [-0.25, -0.2) is 4.39 Å². The summed E-state index contributed by atoms with van der Waals surface area (Å²) >= 11 is 5.91. The van der Waals surface area contributed by atoms with Crippen LogP contribution in [0.3, 0.4) is 0 Å². The lowest BCUT2D eigenvalue weighted by atomic mass is 9.77. The van der Waals surface area contributed by atoms with Crippen LogP contribution in [-0.4, -0.2) is 16.1 Å². The molecular weight excluding hydrogens is 305 g/mol. The summed E-state index contributed by atoms with van der Waals surface area (Å²) in [5.74, 6) is 0.423. The second kappa shape index (κ2) is 5.09. The van der Waals surface area contributed by atoms with Crippen LogP contribution in [0.25, 0.3) is 0 Å². The van der Waals surface area contributed by atoms with Gasteiger partial charge in [-0.1, -0.05) is 24.1 Å². The van der Waals surface area contributed by atoms with Crippen LogP contribution in [0.1, 0.15) is 54.3 Å². The molecule has 1 saturated carbocycles. The molecular formula is C16H15ClFN3O. The normalized spacial score (nSPS) is 21.2. The molecule has 2 N–H and O–H groups in total. The van der Waals surface area contributed by atoms with Crippen molar-refractivity contribution in [3.63, 3.8) is 0 Å². The van der Waals surface area contributed by atoms with Crippen LogP contribution in [0.2, 0.25) is 5.02 Å². The molecule has 4 rings (SSSR count). The summed E-state index contributed by atoms with van der Waals surface area (Å²) in [5.41, 5.74) is 2.99. The Bertz CT molecular complexity index is 754. The predicted molar refractivity (Wildman–Crippen MR) is 81.7 cm³/mol. The molecule has 6 heteroatoms. The molecule has 2 aliphatic rings. The largest absolute Gasteiger partial charge is 0.309 e. The van der Waals surface area contributed by atoms with E-state index in [0.717, 1.165) is 29.7 Å². The number of carbonyl (C=O) groups is 1. The Kier molecular flexibility index (Phi) is 3.18. The summed E-state index contributed by atoms with van der Waals surface area (Å²) in [6, 6.07) is 4.67. The van der Waals surface area contributed by atoms with Crippen LogP contribution < -0.4 is 5.32 Å². The summed E-state index contributed by atoms with van der Waals surface area (Å²) in [6.45, 7) is 0. The number of fused-ring (bicyclic) bond motifs is 1. The van der Waals surface area contributed by atoms with Crippen LogP contribution in [0.15, 0.2) is 18.2 Å². The third-order valence-electron chi connectivity index (χ3n) is 4.69. The van der Waals surface area contributed by atoms with Crippen LogP contribution >= 0.6 is 11.6 Å². The first-order chi connectivity index (χ1) is 10.6. The SMILES string of the molecule is O=C1CC(c2ccc(F)c(Cl)c2)c2c(n[nH]c2C2CCC2)N1. The van der Waals surface area contributed by atoms with E-state index in [1.54, 1.807) is 12.1 Å². The highest BCUT2D eigenvalue weighted by atomic mass is 35.5. The van der Waals surface area contributed by atoms with Gasteiger partial charge in [-0.3, -0.25) is 9.89 Å². The van der Waals surface area contributed by atoms with E-state index in [1.165, 1.54) is 12.5 Å². The van der Waals surface area contributed by atoms with Crippen molar-refractivity contribution in [2.24, 2.45) is 0 Å². The van der Waals surface area contributed by atoms with Gasteiger partial charge in [0.1, 0.15) is 5.82 Å². The molecule has 1 aromatic carbocycles. The molecule has 0 bridgehead atoms. The Balaban J connectivity index is 1.81. The summed E-state index contributed by atoms with van der Waals surface area (Å²) in [7, 11) is 0. The van der Waals surface area contributed by atoms with Crippen LogP contribution in [0, 0.1) is 5.82 Å². The molecule has 0 spiro atoms. The van der Waals surface area contributed by atoms with Crippen molar-refractivity contribution in [1.82, 2.24) is 10.2 Å². The van der Waals surface area contributed by atoms with Gasteiger partial charge in [0.25, 0.3) is 0 Å². The molecule has 114 valence electrons. The number of aromatic amines is 1. The Morgan fingerprint density at radius 2 is 2.14 bits per heavy atom. The molecule has 1 aliphatic heterocycles. The fourth-order valence-corrected chi connectivity index (χ4v) is 3.49. The Labute approximate surface area is 132 Å². The van der Waals surface area contributed by atoms with Gasteiger partial charge < -0.3 is 5.32 Å². The summed E-state index contributed by atoms with van der Waals surface area (Å²) in [6.07, 6.45) is 3.82. The third-order valence-corrected chi connectivity index (χ3v) is 4.98. The van der Waals surface area contributed by atoms with Crippen LogP contribution in [0.5, 0.6) is 0 Å². The van der Waals surface area contributed by atoms with Gasteiger partial charge in [-0.2, -0.15) is 5.10 Å². The molecule has 2 heterocycles. The van der Waals surface area contributed by atoms with Gasteiger partial charge in [0.15, 0.2) is 5.82 Å². The Morgan fingerprint density at radius 1 is 1.32 bits per heavy atom. The minimum Gasteiger partial charge on any atom is -0.309 e. The van der Waals surface area contributed by atoms with E-state index >= 15 is 0 Å². The number of H-pyrrole nitrogens is 1. The van der Waals surface area contributed by atoms with Gasteiger partial charge in [0.2, 0.25) is 5.91 Å². The fraction of sp³-hybridized carbons (Fsp3) is 0.375. The number of halogens is 2. The maximum atomic E-state index is 13.4. The first-order valence-corrected chi connectivity index (χ1v) is 7.84. The lowest BCUT2D eigenvalue weighted by molar-refractivity contribution is -0.116. The number of rotatable bonds is 2. The second-order valence-electron chi connectivity index (χ2n) is 6.01. The number of carbonyl (C=O) groups excluding carboxylic acids is 1. The molecule has 1 amide bonds. The quantitative estimate of drug-likeness (QED) is 0.880.